The number of carbonyl (C=O) groups is 1. The number of aromatic nitrogens is 1. The normalized spacial score (nSPS) is 15.4. The molecule has 1 saturated carbocycles. The Morgan fingerprint density at radius 1 is 1.11 bits per heavy atom. The number of aryl methyl sites for hydroxylation is 2. The smallest absolute Gasteiger partial charge is 0.270 e. The minimum atomic E-state index is -3.97. The van der Waals surface area contributed by atoms with Gasteiger partial charge in [-0.25, -0.2) is 8.42 Å². The van der Waals surface area contributed by atoms with Crippen molar-refractivity contribution in [3.63, 3.8) is 0 Å². The van der Waals surface area contributed by atoms with Gasteiger partial charge >= 0.3 is 0 Å². The van der Waals surface area contributed by atoms with Gasteiger partial charge in [0.15, 0.2) is 0 Å². The summed E-state index contributed by atoms with van der Waals surface area (Å²) in [6, 6.07) is 9.66. The van der Waals surface area contributed by atoms with Gasteiger partial charge in [-0.1, -0.05) is 37.5 Å². The number of nitrogens with one attached hydrogen (secondary N) is 1. The van der Waals surface area contributed by atoms with Crippen molar-refractivity contribution in [3.05, 3.63) is 58.0 Å². The second kappa shape index (κ2) is 8.31. The van der Waals surface area contributed by atoms with Crippen LogP contribution in [0.3, 0.4) is 0 Å². The number of hydrogen-bond acceptors (Lipinski definition) is 4. The quantitative estimate of drug-likeness (QED) is 0.833. The van der Waals surface area contributed by atoms with Crippen LogP contribution >= 0.6 is 0 Å². The summed E-state index contributed by atoms with van der Waals surface area (Å²) in [5.41, 5.74) is 0.295. The zero-order valence-corrected chi connectivity index (χ0v) is 17.1. The molecule has 6 nitrogen and oxygen atoms in total. The summed E-state index contributed by atoms with van der Waals surface area (Å²) in [6.07, 6.45) is 5.26. The summed E-state index contributed by atoms with van der Waals surface area (Å²) in [5, 5.41) is 2.98. The molecule has 1 amide bonds. The first-order chi connectivity index (χ1) is 13.3. The van der Waals surface area contributed by atoms with Crippen molar-refractivity contribution in [2.75, 3.05) is 0 Å². The zero-order valence-electron chi connectivity index (χ0n) is 16.3. The van der Waals surface area contributed by atoms with Gasteiger partial charge in [-0.15, -0.1) is 0 Å². The minimum absolute atomic E-state index is 0.0669. The fourth-order valence-corrected chi connectivity index (χ4v) is 5.39. The van der Waals surface area contributed by atoms with Crippen LogP contribution in [0, 0.1) is 13.8 Å². The maximum Gasteiger partial charge on any atom is 0.270 e. The van der Waals surface area contributed by atoms with E-state index in [-0.39, 0.29) is 28.3 Å². The van der Waals surface area contributed by atoms with Gasteiger partial charge in [-0.2, -0.15) is 0 Å². The number of benzene rings is 1. The topological polar surface area (TPSA) is 85.2 Å². The molecule has 1 heterocycles. The lowest BCUT2D eigenvalue weighted by molar-refractivity contribution is -0.122. The molecule has 0 radical (unpaired) electrons. The predicted molar refractivity (Wildman–Crippen MR) is 107 cm³/mol. The van der Waals surface area contributed by atoms with Crippen molar-refractivity contribution in [1.82, 2.24) is 9.88 Å². The molecule has 1 aliphatic rings. The maximum atomic E-state index is 13.1. The van der Waals surface area contributed by atoms with Crippen molar-refractivity contribution in [3.8, 4) is 0 Å². The Bertz CT molecular complexity index is 1020. The first-order valence-corrected chi connectivity index (χ1v) is 11.1. The van der Waals surface area contributed by atoms with Crippen LogP contribution in [0.5, 0.6) is 0 Å². The van der Waals surface area contributed by atoms with Crippen LogP contribution in [0.1, 0.15) is 43.4 Å². The van der Waals surface area contributed by atoms with Crippen LogP contribution in [0.4, 0.5) is 0 Å². The average Bonchev–Trinajstić information content (AvgIpc) is 2.66. The van der Waals surface area contributed by atoms with Crippen molar-refractivity contribution >= 4 is 15.7 Å². The predicted octanol–water partition coefficient (Wildman–Crippen LogP) is 2.75. The van der Waals surface area contributed by atoms with E-state index in [1.807, 2.05) is 0 Å². The van der Waals surface area contributed by atoms with Gasteiger partial charge < -0.3 is 9.88 Å². The van der Waals surface area contributed by atoms with Crippen molar-refractivity contribution in [2.24, 2.45) is 0 Å². The summed E-state index contributed by atoms with van der Waals surface area (Å²) >= 11 is 0. The third-order valence-electron chi connectivity index (χ3n) is 5.24. The van der Waals surface area contributed by atoms with Gasteiger partial charge in [-0.05, 0) is 50.5 Å². The number of hydrogen-bond donors (Lipinski definition) is 1. The maximum absolute atomic E-state index is 13.1. The van der Waals surface area contributed by atoms with E-state index in [1.54, 1.807) is 38.1 Å². The Morgan fingerprint density at radius 2 is 1.75 bits per heavy atom. The Balaban J connectivity index is 1.94. The van der Waals surface area contributed by atoms with E-state index < -0.39 is 15.4 Å². The molecule has 1 aliphatic carbocycles. The molecular formula is C21H26N2O4S. The molecule has 0 aliphatic heterocycles. The van der Waals surface area contributed by atoms with Gasteiger partial charge in [0.05, 0.1) is 4.90 Å². The molecule has 150 valence electrons. The number of sulfone groups is 1. The van der Waals surface area contributed by atoms with Crippen molar-refractivity contribution in [1.29, 1.82) is 0 Å². The van der Waals surface area contributed by atoms with Crippen LogP contribution in [-0.2, 0) is 21.2 Å². The van der Waals surface area contributed by atoms with Crippen LogP contribution in [0.25, 0.3) is 0 Å². The second-order valence-electron chi connectivity index (χ2n) is 7.41. The molecule has 2 aromatic rings. The van der Waals surface area contributed by atoms with Gasteiger partial charge in [0, 0.05) is 11.7 Å². The van der Waals surface area contributed by atoms with Crippen LogP contribution < -0.4 is 10.9 Å². The monoisotopic (exact) mass is 402 g/mol. The summed E-state index contributed by atoms with van der Waals surface area (Å²) < 4.78 is 27.3. The molecule has 7 heteroatoms. The molecule has 3 rings (SSSR count). The molecule has 0 unspecified atom stereocenters. The Morgan fingerprint density at radius 3 is 2.39 bits per heavy atom. The Hall–Kier alpha value is -2.41. The number of nitrogens with zero attached hydrogens (tertiary/aromatic N) is 1. The lowest BCUT2D eigenvalue weighted by Crippen LogP contribution is -2.41. The molecule has 0 atom stereocenters. The summed E-state index contributed by atoms with van der Waals surface area (Å²) in [4.78, 5) is 25.3. The van der Waals surface area contributed by atoms with Crippen LogP contribution in [0.2, 0.25) is 0 Å². The van der Waals surface area contributed by atoms with Crippen molar-refractivity contribution in [2.45, 2.75) is 68.3 Å². The van der Waals surface area contributed by atoms with Gasteiger partial charge in [0.1, 0.15) is 11.4 Å². The van der Waals surface area contributed by atoms with Gasteiger partial charge in [-0.3, -0.25) is 9.59 Å². The number of carbonyl (C=O) groups excluding carboxylic acids is 1. The largest absolute Gasteiger partial charge is 0.352 e. The summed E-state index contributed by atoms with van der Waals surface area (Å²) in [7, 11) is -3.97. The molecule has 1 aromatic carbocycles. The van der Waals surface area contributed by atoms with Crippen LogP contribution in [0.15, 0.2) is 51.0 Å². The zero-order chi connectivity index (χ0) is 20.3. The highest BCUT2D eigenvalue weighted by molar-refractivity contribution is 7.91. The Labute approximate surface area is 165 Å². The average molecular weight is 403 g/mol. The lowest BCUT2D eigenvalue weighted by Gasteiger charge is -2.23. The fourth-order valence-electron chi connectivity index (χ4n) is 3.81. The molecule has 1 aromatic heterocycles. The Kier molecular flexibility index (Phi) is 6.03. The van der Waals surface area contributed by atoms with E-state index in [9.17, 15) is 18.0 Å². The van der Waals surface area contributed by atoms with E-state index in [2.05, 4.69) is 5.32 Å². The van der Waals surface area contributed by atoms with E-state index in [4.69, 9.17) is 0 Å². The highest BCUT2D eigenvalue weighted by Gasteiger charge is 2.26. The minimum Gasteiger partial charge on any atom is -0.352 e. The number of amides is 1. The molecule has 0 bridgehead atoms. The third kappa shape index (κ3) is 4.19. The first kappa shape index (κ1) is 20.3. The van der Waals surface area contributed by atoms with Crippen LogP contribution in [-0.4, -0.2) is 24.9 Å². The highest BCUT2D eigenvalue weighted by atomic mass is 32.2. The molecule has 0 spiro atoms. The third-order valence-corrected chi connectivity index (χ3v) is 7.17. The second-order valence-corrected chi connectivity index (χ2v) is 9.29. The molecule has 28 heavy (non-hydrogen) atoms. The van der Waals surface area contributed by atoms with Gasteiger partial charge in [0.2, 0.25) is 15.7 Å². The van der Waals surface area contributed by atoms with E-state index in [0.29, 0.717) is 11.3 Å². The SMILES string of the molecule is Cc1cc(C)n(CC(=O)NC2CCCCC2)c(=O)c1S(=O)(=O)c1ccccc1. The van der Waals surface area contributed by atoms with E-state index in [0.717, 1.165) is 25.7 Å². The first-order valence-electron chi connectivity index (χ1n) is 9.61. The molecular weight excluding hydrogens is 376 g/mol. The standard InChI is InChI=1S/C21H26N2O4S/c1-15-13-16(2)23(14-19(24)22-17-9-5-3-6-10-17)21(25)20(15)28(26,27)18-11-7-4-8-12-18/h4,7-8,11-13,17H,3,5-6,9-10,14H2,1-2H3,(H,22,24). The van der Waals surface area contributed by atoms with E-state index in [1.165, 1.54) is 23.1 Å². The highest BCUT2D eigenvalue weighted by Crippen LogP contribution is 2.21. The molecule has 0 saturated heterocycles. The van der Waals surface area contributed by atoms with Gasteiger partial charge in [0.25, 0.3) is 5.56 Å². The fraction of sp³-hybridized carbons (Fsp3) is 0.429. The van der Waals surface area contributed by atoms with E-state index >= 15 is 0 Å². The molecule has 1 N–H and O–H groups in total. The number of pyridine rings is 1. The molecule has 1 fully saturated rings. The summed E-state index contributed by atoms with van der Waals surface area (Å²) in [6.45, 7) is 3.14. The number of rotatable bonds is 5. The van der Waals surface area contributed by atoms with Crippen molar-refractivity contribution < 1.29 is 13.2 Å². The lowest BCUT2D eigenvalue weighted by atomic mass is 9.95. The summed E-state index contributed by atoms with van der Waals surface area (Å²) in [5.74, 6) is -0.260.